The van der Waals surface area contributed by atoms with E-state index >= 15 is 0 Å². The lowest BCUT2D eigenvalue weighted by molar-refractivity contribution is 0.702. The van der Waals surface area contributed by atoms with Gasteiger partial charge in [-0.2, -0.15) is 5.10 Å². The van der Waals surface area contributed by atoms with Crippen LogP contribution in [0.25, 0.3) is 0 Å². The van der Waals surface area contributed by atoms with Gasteiger partial charge in [0, 0.05) is 11.6 Å². The van der Waals surface area contributed by atoms with E-state index in [0.717, 1.165) is 17.2 Å². The molecule has 1 saturated carbocycles. The molecular weight excluding hydrogens is 232 g/mol. The van der Waals surface area contributed by atoms with Crippen molar-refractivity contribution >= 4 is 12.2 Å². The number of hydrogen-bond acceptors (Lipinski definition) is 3. The largest absolute Gasteiger partial charge is 0.298 e. The lowest BCUT2D eigenvalue weighted by atomic mass is 10.3. The van der Waals surface area contributed by atoms with Crippen LogP contribution in [0.4, 0.5) is 0 Å². The smallest absolute Gasteiger partial charge is 0.195 e. The van der Waals surface area contributed by atoms with E-state index in [-0.39, 0.29) is 0 Å². The van der Waals surface area contributed by atoms with Crippen LogP contribution in [-0.4, -0.2) is 19.7 Å². The maximum absolute atomic E-state index is 5.27. The number of nitrogens with zero attached hydrogens (tertiary/aromatic N) is 3. The molecule has 0 radical (unpaired) electrons. The Morgan fingerprint density at radius 3 is 3.00 bits per heavy atom. The summed E-state index contributed by atoms with van der Waals surface area (Å²) in [5.41, 5.74) is 2.06. The van der Waals surface area contributed by atoms with Crippen molar-refractivity contribution in [2.75, 3.05) is 0 Å². The highest BCUT2D eigenvalue weighted by Gasteiger charge is 2.29. The number of aryl methyl sites for hydroxylation is 1. The molecule has 1 aliphatic rings. The van der Waals surface area contributed by atoms with Crippen LogP contribution in [0.15, 0.2) is 18.2 Å². The molecule has 0 unspecified atom stereocenters. The minimum absolute atomic E-state index is 0.591. The second-order valence-corrected chi connectivity index (χ2v) is 4.90. The molecule has 0 aromatic carbocycles. The first-order valence-corrected chi connectivity index (χ1v) is 6.22. The third-order valence-corrected chi connectivity index (χ3v) is 3.31. The fourth-order valence-corrected chi connectivity index (χ4v) is 2.19. The van der Waals surface area contributed by atoms with Gasteiger partial charge in [0.2, 0.25) is 0 Å². The van der Waals surface area contributed by atoms with Gasteiger partial charge in [-0.1, -0.05) is 6.07 Å². The lowest BCUT2D eigenvalue weighted by Crippen LogP contribution is -2.06. The van der Waals surface area contributed by atoms with Gasteiger partial charge in [-0.15, -0.1) is 0 Å². The van der Waals surface area contributed by atoms with Gasteiger partial charge in [0.05, 0.1) is 12.2 Å². The molecule has 5 heteroatoms. The first-order valence-electron chi connectivity index (χ1n) is 5.81. The van der Waals surface area contributed by atoms with Crippen LogP contribution < -0.4 is 0 Å². The Labute approximate surface area is 105 Å². The molecule has 0 bridgehead atoms. The summed E-state index contributed by atoms with van der Waals surface area (Å²) in [4.78, 5) is 4.50. The maximum atomic E-state index is 5.27. The molecule has 3 rings (SSSR count). The van der Waals surface area contributed by atoms with E-state index in [1.807, 2.05) is 25.1 Å². The molecule has 88 valence electrons. The number of H-pyrrole nitrogens is 1. The number of aromatic nitrogens is 4. The van der Waals surface area contributed by atoms with Crippen molar-refractivity contribution in [2.45, 2.75) is 32.2 Å². The van der Waals surface area contributed by atoms with Gasteiger partial charge >= 0.3 is 0 Å². The Morgan fingerprint density at radius 1 is 1.47 bits per heavy atom. The summed E-state index contributed by atoms with van der Waals surface area (Å²) in [7, 11) is 0. The molecule has 2 aromatic heterocycles. The predicted octanol–water partition coefficient (Wildman–Crippen LogP) is 2.57. The number of nitrogens with one attached hydrogen (secondary N) is 1. The van der Waals surface area contributed by atoms with Gasteiger partial charge in [-0.25, -0.2) is 0 Å². The fraction of sp³-hybridized carbons (Fsp3) is 0.417. The first-order chi connectivity index (χ1) is 8.24. The summed E-state index contributed by atoms with van der Waals surface area (Å²) in [6.45, 7) is 2.71. The van der Waals surface area contributed by atoms with Crippen LogP contribution >= 0.6 is 12.2 Å². The lowest BCUT2D eigenvalue weighted by Gasteiger charge is -2.06. The molecule has 0 atom stereocenters. The molecule has 17 heavy (non-hydrogen) atoms. The van der Waals surface area contributed by atoms with Crippen molar-refractivity contribution in [1.29, 1.82) is 0 Å². The highest BCUT2D eigenvalue weighted by atomic mass is 32.1. The first kappa shape index (κ1) is 10.7. The molecule has 2 heterocycles. The zero-order valence-electron chi connectivity index (χ0n) is 9.68. The minimum atomic E-state index is 0.591. The summed E-state index contributed by atoms with van der Waals surface area (Å²) >= 11 is 5.27. The Hall–Kier alpha value is -1.49. The Kier molecular flexibility index (Phi) is 2.55. The monoisotopic (exact) mass is 246 g/mol. The van der Waals surface area contributed by atoms with Crippen LogP contribution in [0.5, 0.6) is 0 Å². The summed E-state index contributed by atoms with van der Waals surface area (Å²) < 4.78 is 2.75. The van der Waals surface area contributed by atoms with Crippen LogP contribution in [0, 0.1) is 11.7 Å². The number of pyridine rings is 1. The highest BCUT2D eigenvalue weighted by molar-refractivity contribution is 7.71. The van der Waals surface area contributed by atoms with Crippen molar-refractivity contribution in [3.8, 4) is 0 Å². The minimum Gasteiger partial charge on any atom is -0.298 e. The third kappa shape index (κ3) is 2.15. The average molecular weight is 246 g/mol. The summed E-state index contributed by atoms with van der Waals surface area (Å²) in [5, 5.41) is 7.20. The Balaban J connectivity index is 1.94. The van der Waals surface area contributed by atoms with Crippen LogP contribution in [0.3, 0.4) is 0 Å². The van der Waals surface area contributed by atoms with Gasteiger partial charge in [0.25, 0.3) is 0 Å². The predicted molar refractivity (Wildman–Crippen MR) is 67.5 cm³/mol. The summed E-state index contributed by atoms with van der Waals surface area (Å²) in [5.74, 6) is 1.67. The highest BCUT2D eigenvalue weighted by Crippen LogP contribution is 2.38. The fourth-order valence-electron chi connectivity index (χ4n) is 1.99. The van der Waals surface area contributed by atoms with Crippen LogP contribution in [0.1, 0.15) is 36.0 Å². The SMILES string of the molecule is Cc1cccc(Cn2c(C3CC3)n[nH]c2=S)n1. The third-order valence-electron chi connectivity index (χ3n) is 3.00. The van der Waals surface area contributed by atoms with Crippen molar-refractivity contribution in [3.05, 3.63) is 40.2 Å². The topological polar surface area (TPSA) is 46.5 Å². The molecule has 0 amide bonds. The van der Waals surface area contributed by atoms with E-state index in [1.165, 1.54) is 12.8 Å². The normalized spacial score (nSPS) is 15.1. The molecular formula is C12H14N4S. The molecule has 0 spiro atoms. The van der Waals surface area contributed by atoms with Gasteiger partial charge < -0.3 is 0 Å². The number of rotatable bonds is 3. The van der Waals surface area contributed by atoms with E-state index in [1.54, 1.807) is 0 Å². The zero-order chi connectivity index (χ0) is 11.8. The van der Waals surface area contributed by atoms with E-state index in [4.69, 9.17) is 12.2 Å². The Morgan fingerprint density at radius 2 is 2.29 bits per heavy atom. The van der Waals surface area contributed by atoms with Crippen molar-refractivity contribution in [1.82, 2.24) is 19.7 Å². The van der Waals surface area contributed by atoms with E-state index in [2.05, 4.69) is 19.7 Å². The molecule has 4 nitrogen and oxygen atoms in total. The van der Waals surface area contributed by atoms with Gasteiger partial charge in [0.15, 0.2) is 4.77 Å². The summed E-state index contributed by atoms with van der Waals surface area (Å²) in [6.07, 6.45) is 2.45. The maximum Gasteiger partial charge on any atom is 0.195 e. The average Bonchev–Trinajstić information content (AvgIpc) is 3.07. The van der Waals surface area contributed by atoms with Crippen LogP contribution in [0.2, 0.25) is 0 Å². The molecule has 1 fully saturated rings. The Bertz CT molecular complexity index is 595. The second-order valence-electron chi connectivity index (χ2n) is 4.52. The quantitative estimate of drug-likeness (QED) is 0.847. The standard InChI is InChI=1S/C12H14N4S/c1-8-3-2-4-10(13-8)7-16-11(9-5-6-9)14-15-12(16)17/h2-4,9H,5-7H2,1H3,(H,15,17). The molecule has 1 aliphatic carbocycles. The van der Waals surface area contributed by atoms with E-state index in [9.17, 15) is 0 Å². The van der Waals surface area contributed by atoms with E-state index in [0.29, 0.717) is 17.2 Å². The van der Waals surface area contributed by atoms with Gasteiger partial charge in [0.1, 0.15) is 5.82 Å². The summed E-state index contributed by atoms with van der Waals surface area (Å²) in [6, 6.07) is 6.05. The van der Waals surface area contributed by atoms with Gasteiger partial charge in [-0.05, 0) is 44.1 Å². The molecule has 2 aromatic rings. The number of aromatic amines is 1. The number of hydrogen-bond donors (Lipinski definition) is 1. The molecule has 1 N–H and O–H groups in total. The van der Waals surface area contributed by atoms with Crippen LogP contribution in [-0.2, 0) is 6.54 Å². The van der Waals surface area contributed by atoms with Crippen molar-refractivity contribution in [2.24, 2.45) is 0 Å². The van der Waals surface area contributed by atoms with Gasteiger partial charge in [-0.3, -0.25) is 14.6 Å². The molecule has 0 saturated heterocycles. The zero-order valence-corrected chi connectivity index (χ0v) is 10.5. The van der Waals surface area contributed by atoms with Crippen molar-refractivity contribution in [3.63, 3.8) is 0 Å². The van der Waals surface area contributed by atoms with Crippen molar-refractivity contribution < 1.29 is 0 Å². The molecule has 0 aliphatic heterocycles. The van der Waals surface area contributed by atoms with E-state index < -0.39 is 0 Å². The second kappa shape index (κ2) is 4.07.